The summed E-state index contributed by atoms with van der Waals surface area (Å²) in [7, 11) is 2.19. The Bertz CT molecular complexity index is 912. The third-order valence-electron chi connectivity index (χ3n) is 8.06. The topological polar surface area (TPSA) is 48.8 Å². The number of aliphatic hydroxyl groups is 1. The number of pyridine rings is 1. The van der Waals surface area contributed by atoms with Crippen LogP contribution in [0.3, 0.4) is 0 Å². The molecule has 1 spiro atoms. The minimum atomic E-state index is -0.0949. The number of rotatable bonds is 6. The first-order chi connectivity index (χ1) is 16.0. The lowest BCUT2D eigenvalue weighted by Crippen LogP contribution is -2.45. The summed E-state index contributed by atoms with van der Waals surface area (Å²) in [5, 5.41) is 9.75. The van der Waals surface area contributed by atoms with Crippen LogP contribution < -0.4 is 0 Å². The highest BCUT2D eigenvalue weighted by Crippen LogP contribution is 2.44. The molecule has 1 saturated heterocycles. The van der Waals surface area contributed by atoms with Gasteiger partial charge in [-0.05, 0) is 75.3 Å². The van der Waals surface area contributed by atoms with Crippen LogP contribution >= 0.6 is 11.3 Å². The number of fused-ring (bicyclic) bond motifs is 2. The number of hydrogen-bond donors (Lipinski definition) is 1. The second-order valence-electron chi connectivity index (χ2n) is 10.3. The van der Waals surface area contributed by atoms with Gasteiger partial charge in [-0.1, -0.05) is 13.0 Å². The summed E-state index contributed by atoms with van der Waals surface area (Å²) in [6.45, 7) is 7.14. The van der Waals surface area contributed by atoms with Crippen molar-refractivity contribution in [3.8, 4) is 0 Å². The molecule has 6 heteroatoms. The molecule has 2 fully saturated rings. The van der Waals surface area contributed by atoms with Crippen molar-refractivity contribution < 1.29 is 9.84 Å². The number of nitrogens with zero attached hydrogens (tertiary/aromatic N) is 3. The lowest BCUT2D eigenvalue weighted by Gasteiger charge is -2.44. The van der Waals surface area contributed by atoms with Crippen LogP contribution in [0.4, 0.5) is 0 Å². The predicted molar refractivity (Wildman–Crippen MR) is 134 cm³/mol. The number of ether oxygens (including phenoxy) is 1. The fourth-order valence-corrected chi connectivity index (χ4v) is 7.09. The molecule has 0 atom stereocenters. The molecule has 0 amide bonds. The number of piperidine rings is 1. The van der Waals surface area contributed by atoms with Crippen molar-refractivity contribution in [3.63, 3.8) is 0 Å². The summed E-state index contributed by atoms with van der Waals surface area (Å²) >= 11 is 2.00. The van der Waals surface area contributed by atoms with Gasteiger partial charge in [-0.15, -0.1) is 11.3 Å². The maximum absolute atomic E-state index is 9.75. The van der Waals surface area contributed by atoms with Gasteiger partial charge in [0.25, 0.3) is 0 Å². The van der Waals surface area contributed by atoms with Gasteiger partial charge in [0, 0.05) is 54.6 Å². The number of hydrogen-bond acceptors (Lipinski definition) is 6. The van der Waals surface area contributed by atoms with Crippen LogP contribution in [-0.4, -0.2) is 58.8 Å². The number of aryl methyl sites for hydroxylation is 1. The van der Waals surface area contributed by atoms with Gasteiger partial charge in [0.2, 0.25) is 0 Å². The second-order valence-corrected chi connectivity index (χ2v) is 11.5. The first-order valence-electron chi connectivity index (χ1n) is 12.8. The largest absolute Gasteiger partial charge is 0.393 e. The van der Waals surface area contributed by atoms with E-state index in [0.29, 0.717) is 6.04 Å². The molecular weight excluding hydrogens is 430 g/mol. The summed E-state index contributed by atoms with van der Waals surface area (Å²) in [5.41, 5.74) is 3.89. The van der Waals surface area contributed by atoms with E-state index in [1.54, 1.807) is 4.88 Å². The van der Waals surface area contributed by atoms with E-state index in [2.05, 4.69) is 48.2 Å². The Balaban J connectivity index is 1.14. The minimum absolute atomic E-state index is 0.0458. The zero-order valence-corrected chi connectivity index (χ0v) is 21.1. The highest BCUT2D eigenvalue weighted by atomic mass is 32.1. The van der Waals surface area contributed by atoms with Crippen LogP contribution in [-0.2, 0) is 36.3 Å². The van der Waals surface area contributed by atoms with E-state index in [4.69, 9.17) is 9.72 Å². The molecule has 33 heavy (non-hydrogen) atoms. The standard InChI is InChI=1S/C27H39N3O2S/c1-3-24-16-25-26(33-24)10-15-32-27(25)11-13-30(14-12-27)18-20-4-5-21(28-17-20)19-29(2)22-6-8-23(31)9-7-22/h4-5,16-17,22-23,31H,3,6-15,18-19H2,1-2H3/t22-,23-. The molecular formula is C27H39N3O2S. The molecule has 2 aromatic rings. The molecule has 0 radical (unpaired) electrons. The van der Waals surface area contributed by atoms with Crippen molar-refractivity contribution in [1.82, 2.24) is 14.8 Å². The molecule has 2 aromatic heterocycles. The van der Waals surface area contributed by atoms with E-state index in [0.717, 1.165) is 89.8 Å². The molecule has 0 aromatic carbocycles. The van der Waals surface area contributed by atoms with Crippen molar-refractivity contribution in [2.45, 2.75) is 89.1 Å². The van der Waals surface area contributed by atoms with E-state index in [1.165, 1.54) is 16.0 Å². The summed E-state index contributed by atoms with van der Waals surface area (Å²) in [6, 6.07) is 7.45. The smallest absolute Gasteiger partial charge is 0.0966 e. The molecule has 4 heterocycles. The number of thiophene rings is 1. The van der Waals surface area contributed by atoms with E-state index in [1.807, 2.05) is 11.3 Å². The second kappa shape index (κ2) is 10.1. The zero-order chi connectivity index (χ0) is 22.8. The Labute approximate surface area is 202 Å². The van der Waals surface area contributed by atoms with Gasteiger partial charge in [0.15, 0.2) is 0 Å². The normalized spacial score (nSPS) is 25.5. The SMILES string of the molecule is CCc1cc2c(s1)CCOC21CCN(Cc2ccc(CN(C)[C@H]3CC[C@H](O)CC3)nc2)CC1. The zero-order valence-electron chi connectivity index (χ0n) is 20.3. The fraction of sp³-hybridized carbons (Fsp3) is 0.667. The van der Waals surface area contributed by atoms with Crippen LogP contribution in [0.2, 0.25) is 0 Å². The molecule has 1 N–H and O–H groups in total. The van der Waals surface area contributed by atoms with Crippen molar-refractivity contribution in [3.05, 3.63) is 51.0 Å². The Morgan fingerprint density at radius 2 is 2.00 bits per heavy atom. The van der Waals surface area contributed by atoms with Gasteiger partial charge in [-0.2, -0.15) is 0 Å². The van der Waals surface area contributed by atoms with E-state index >= 15 is 0 Å². The molecule has 180 valence electrons. The first-order valence-corrected chi connectivity index (χ1v) is 13.7. The Morgan fingerprint density at radius 3 is 2.70 bits per heavy atom. The molecule has 2 aliphatic heterocycles. The van der Waals surface area contributed by atoms with Gasteiger partial charge in [-0.3, -0.25) is 14.8 Å². The van der Waals surface area contributed by atoms with Gasteiger partial charge < -0.3 is 9.84 Å². The van der Waals surface area contributed by atoms with Gasteiger partial charge >= 0.3 is 0 Å². The molecule has 5 rings (SSSR count). The Morgan fingerprint density at radius 1 is 1.21 bits per heavy atom. The maximum atomic E-state index is 9.75. The lowest BCUT2D eigenvalue weighted by atomic mass is 9.82. The fourth-order valence-electron chi connectivity index (χ4n) is 5.92. The Kier molecular flexibility index (Phi) is 7.19. The molecule has 5 nitrogen and oxygen atoms in total. The highest BCUT2D eigenvalue weighted by Gasteiger charge is 2.41. The molecule has 1 aliphatic carbocycles. The van der Waals surface area contributed by atoms with Gasteiger partial charge in [-0.25, -0.2) is 0 Å². The molecule has 3 aliphatic rings. The molecule has 0 unspecified atom stereocenters. The molecule has 0 bridgehead atoms. The predicted octanol–water partition coefficient (Wildman–Crippen LogP) is 4.50. The van der Waals surface area contributed by atoms with E-state index in [-0.39, 0.29) is 11.7 Å². The van der Waals surface area contributed by atoms with Crippen LogP contribution in [0.25, 0.3) is 0 Å². The highest BCUT2D eigenvalue weighted by molar-refractivity contribution is 7.12. The van der Waals surface area contributed by atoms with E-state index < -0.39 is 0 Å². The average molecular weight is 470 g/mol. The minimum Gasteiger partial charge on any atom is -0.393 e. The van der Waals surface area contributed by atoms with Crippen molar-refractivity contribution in [1.29, 1.82) is 0 Å². The lowest BCUT2D eigenvalue weighted by molar-refractivity contribution is -0.0981. The van der Waals surface area contributed by atoms with Gasteiger partial charge in [0.1, 0.15) is 0 Å². The van der Waals surface area contributed by atoms with Crippen LogP contribution in [0.15, 0.2) is 24.4 Å². The monoisotopic (exact) mass is 469 g/mol. The third-order valence-corrected chi connectivity index (χ3v) is 9.40. The number of aromatic nitrogens is 1. The van der Waals surface area contributed by atoms with Crippen LogP contribution in [0.1, 0.15) is 72.0 Å². The molecule has 1 saturated carbocycles. The first kappa shape index (κ1) is 23.4. The summed E-state index contributed by atoms with van der Waals surface area (Å²) < 4.78 is 6.45. The number of likely N-dealkylation sites (tertiary alicyclic amines) is 1. The van der Waals surface area contributed by atoms with E-state index in [9.17, 15) is 5.11 Å². The average Bonchev–Trinajstić information content (AvgIpc) is 3.27. The van der Waals surface area contributed by atoms with Crippen molar-refractivity contribution in [2.75, 3.05) is 26.7 Å². The summed E-state index contributed by atoms with van der Waals surface area (Å²) in [6.07, 6.45) is 10.4. The quantitative estimate of drug-likeness (QED) is 0.675. The maximum Gasteiger partial charge on any atom is 0.0966 e. The summed E-state index contributed by atoms with van der Waals surface area (Å²) in [4.78, 5) is 12.8. The van der Waals surface area contributed by atoms with Crippen LogP contribution in [0.5, 0.6) is 0 Å². The third kappa shape index (κ3) is 5.20. The van der Waals surface area contributed by atoms with Crippen LogP contribution in [0, 0.1) is 0 Å². The van der Waals surface area contributed by atoms with Crippen molar-refractivity contribution in [2.24, 2.45) is 0 Å². The van der Waals surface area contributed by atoms with Crippen molar-refractivity contribution >= 4 is 11.3 Å². The number of aliphatic hydroxyl groups excluding tert-OH is 1. The summed E-state index contributed by atoms with van der Waals surface area (Å²) in [5.74, 6) is 0. The Hall–Kier alpha value is -1.31. The van der Waals surface area contributed by atoms with Gasteiger partial charge in [0.05, 0.1) is 24.0 Å².